The first-order valence-corrected chi connectivity index (χ1v) is 8.65. The van der Waals surface area contributed by atoms with Gasteiger partial charge in [0.2, 0.25) is 0 Å². The fourth-order valence-corrected chi connectivity index (χ4v) is 3.42. The molecule has 0 spiro atoms. The topological polar surface area (TPSA) is 3.24 Å². The van der Waals surface area contributed by atoms with Crippen LogP contribution in [0, 0.1) is 13.8 Å². The van der Waals surface area contributed by atoms with Crippen molar-refractivity contribution in [3.63, 3.8) is 0 Å². The molecule has 0 saturated carbocycles. The van der Waals surface area contributed by atoms with Crippen molar-refractivity contribution >= 4 is 11.4 Å². The molecule has 116 valence electrons. The standard InChI is InChI=1S/C21H27N/c1-4-5-6-7-12-22-20-13-16(2)8-10-18(20)15-19-11-9-17(3)14-21(19)22/h8-11,13-14H,4-7,12,15H2,1-3H3. The quantitative estimate of drug-likeness (QED) is 0.618. The number of benzene rings is 2. The zero-order chi connectivity index (χ0) is 15.5. The molecule has 1 nitrogen and oxygen atoms in total. The van der Waals surface area contributed by atoms with Gasteiger partial charge < -0.3 is 4.90 Å². The predicted octanol–water partition coefficient (Wildman–Crippen LogP) is 5.93. The summed E-state index contributed by atoms with van der Waals surface area (Å²) >= 11 is 0. The van der Waals surface area contributed by atoms with Crippen LogP contribution >= 0.6 is 0 Å². The summed E-state index contributed by atoms with van der Waals surface area (Å²) in [6, 6.07) is 13.8. The Morgan fingerprint density at radius 2 is 1.41 bits per heavy atom. The van der Waals surface area contributed by atoms with Gasteiger partial charge in [-0.15, -0.1) is 0 Å². The molecule has 2 aromatic carbocycles. The Hall–Kier alpha value is -1.76. The maximum Gasteiger partial charge on any atom is 0.0449 e. The summed E-state index contributed by atoms with van der Waals surface area (Å²) in [5, 5.41) is 0. The SMILES string of the molecule is CCCCCCN1c2cc(C)ccc2Cc2ccc(C)cc21. The summed E-state index contributed by atoms with van der Waals surface area (Å²) in [4.78, 5) is 2.56. The molecule has 0 aromatic heterocycles. The number of hydrogen-bond acceptors (Lipinski definition) is 1. The van der Waals surface area contributed by atoms with Crippen LogP contribution in [-0.2, 0) is 6.42 Å². The average molecular weight is 293 g/mol. The summed E-state index contributed by atoms with van der Waals surface area (Å²) in [5.41, 5.74) is 8.50. The van der Waals surface area contributed by atoms with Gasteiger partial charge in [0.15, 0.2) is 0 Å². The molecule has 1 aliphatic rings. The van der Waals surface area contributed by atoms with Crippen LogP contribution in [0.5, 0.6) is 0 Å². The molecule has 2 aromatic rings. The molecule has 0 N–H and O–H groups in total. The van der Waals surface area contributed by atoms with Crippen LogP contribution in [0.1, 0.15) is 54.9 Å². The first-order chi connectivity index (χ1) is 10.7. The average Bonchev–Trinajstić information content (AvgIpc) is 2.51. The predicted molar refractivity (Wildman–Crippen MR) is 96.3 cm³/mol. The molecule has 0 fully saturated rings. The number of anilines is 2. The van der Waals surface area contributed by atoms with Crippen molar-refractivity contribution < 1.29 is 0 Å². The van der Waals surface area contributed by atoms with Crippen molar-refractivity contribution in [3.8, 4) is 0 Å². The maximum absolute atomic E-state index is 2.56. The van der Waals surface area contributed by atoms with Crippen LogP contribution in [-0.4, -0.2) is 6.54 Å². The van der Waals surface area contributed by atoms with Crippen molar-refractivity contribution in [2.24, 2.45) is 0 Å². The second kappa shape index (κ2) is 6.56. The van der Waals surface area contributed by atoms with E-state index in [1.165, 1.54) is 59.3 Å². The van der Waals surface area contributed by atoms with Gasteiger partial charge in [0.25, 0.3) is 0 Å². The Morgan fingerprint density at radius 3 is 1.95 bits per heavy atom. The molecular formula is C21H27N. The van der Waals surface area contributed by atoms with E-state index in [-0.39, 0.29) is 0 Å². The van der Waals surface area contributed by atoms with E-state index < -0.39 is 0 Å². The van der Waals surface area contributed by atoms with E-state index in [2.05, 4.69) is 62.1 Å². The highest BCUT2D eigenvalue weighted by molar-refractivity contribution is 5.75. The number of rotatable bonds is 5. The van der Waals surface area contributed by atoms with Gasteiger partial charge in [-0.1, -0.05) is 50.5 Å². The molecule has 0 atom stereocenters. The molecule has 0 unspecified atom stereocenters. The van der Waals surface area contributed by atoms with Gasteiger partial charge in [0, 0.05) is 24.3 Å². The lowest BCUT2D eigenvalue weighted by Gasteiger charge is -2.34. The summed E-state index contributed by atoms with van der Waals surface area (Å²) < 4.78 is 0. The third-order valence-corrected chi connectivity index (χ3v) is 4.68. The van der Waals surface area contributed by atoms with Crippen LogP contribution < -0.4 is 4.90 Å². The monoisotopic (exact) mass is 293 g/mol. The van der Waals surface area contributed by atoms with Crippen LogP contribution in [0.25, 0.3) is 0 Å². The molecule has 1 heterocycles. The first-order valence-electron chi connectivity index (χ1n) is 8.65. The highest BCUT2D eigenvalue weighted by Gasteiger charge is 2.22. The van der Waals surface area contributed by atoms with Crippen LogP contribution in [0.2, 0.25) is 0 Å². The molecule has 0 amide bonds. The smallest absolute Gasteiger partial charge is 0.0449 e. The molecule has 1 heteroatoms. The van der Waals surface area contributed by atoms with Crippen molar-refractivity contribution in [3.05, 3.63) is 58.7 Å². The molecule has 22 heavy (non-hydrogen) atoms. The zero-order valence-corrected chi connectivity index (χ0v) is 14.2. The number of nitrogens with zero attached hydrogens (tertiary/aromatic N) is 1. The molecule has 1 aliphatic heterocycles. The highest BCUT2D eigenvalue weighted by Crippen LogP contribution is 2.39. The van der Waals surface area contributed by atoms with Crippen molar-refractivity contribution in [2.75, 3.05) is 11.4 Å². The van der Waals surface area contributed by atoms with Crippen molar-refractivity contribution in [1.82, 2.24) is 0 Å². The second-order valence-electron chi connectivity index (χ2n) is 6.65. The normalized spacial score (nSPS) is 13.0. The maximum atomic E-state index is 2.56. The van der Waals surface area contributed by atoms with Crippen LogP contribution in [0.3, 0.4) is 0 Å². The fraction of sp³-hybridized carbons (Fsp3) is 0.429. The van der Waals surface area contributed by atoms with E-state index >= 15 is 0 Å². The van der Waals surface area contributed by atoms with Gasteiger partial charge in [-0.05, 0) is 54.7 Å². The molecule has 3 rings (SSSR count). The molecule has 0 saturated heterocycles. The van der Waals surface area contributed by atoms with Gasteiger partial charge in [0.1, 0.15) is 0 Å². The van der Waals surface area contributed by atoms with E-state index in [4.69, 9.17) is 0 Å². The Labute approximate surface area is 135 Å². The Morgan fingerprint density at radius 1 is 0.818 bits per heavy atom. The number of hydrogen-bond donors (Lipinski definition) is 0. The molecule has 0 aliphatic carbocycles. The first kappa shape index (κ1) is 15.1. The van der Waals surface area contributed by atoms with E-state index in [9.17, 15) is 0 Å². The third-order valence-electron chi connectivity index (χ3n) is 4.68. The van der Waals surface area contributed by atoms with Gasteiger partial charge in [0.05, 0.1) is 0 Å². The summed E-state index contributed by atoms with van der Waals surface area (Å²) in [5.74, 6) is 0. The lowest BCUT2D eigenvalue weighted by Crippen LogP contribution is -2.24. The van der Waals surface area contributed by atoms with E-state index in [1.807, 2.05) is 0 Å². The van der Waals surface area contributed by atoms with Gasteiger partial charge in [-0.3, -0.25) is 0 Å². The molecule has 0 bridgehead atoms. The number of unbranched alkanes of at least 4 members (excludes halogenated alkanes) is 3. The Kier molecular flexibility index (Phi) is 4.52. The summed E-state index contributed by atoms with van der Waals surface area (Å²) in [6.45, 7) is 7.80. The lowest BCUT2D eigenvalue weighted by atomic mass is 9.93. The summed E-state index contributed by atoms with van der Waals surface area (Å²) in [7, 11) is 0. The van der Waals surface area contributed by atoms with E-state index in [0.29, 0.717) is 0 Å². The van der Waals surface area contributed by atoms with Gasteiger partial charge in [-0.25, -0.2) is 0 Å². The fourth-order valence-electron chi connectivity index (χ4n) is 3.42. The largest absolute Gasteiger partial charge is 0.341 e. The minimum absolute atomic E-state index is 1.07. The van der Waals surface area contributed by atoms with Crippen molar-refractivity contribution in [2.45, 2.75) is 52.9 Å². The van der Waals surface area contributed by atoms with Crippen molar-refractivity contribution in [1.29, 1.82) is 0 Å². The lowest BCUT2D eigenvalue weighted by molar-refractivity contribution is 0.666. The second-order valence-corrected chi connectivity index (χ2v) is 6.65. The number of fused-ring (bicyclic) bond motifs is 2. The third kappa shape index (κ3) is 3.04. The summed E-state index contributed by atoms with van der Waals surface area (Å²) in [6.07, 6.45) is 6.31. The minimum Gasteiger partial charge on any atom is -0.341 e. The zero-order valence-electron chi connectivity index (χ0n) is 14.2. The van der Waals surface area contributed by atoms with Crippen LogP contribution in [0.15, 0.2) is 36.4 Å². The number of aryl methyl sites for hydroxylation is 2. The van der Waals surface area contributed by atoms with Gasteiger partial charge >= 0.3 is 0 Å². The molecular weight excluding hydrogens is 266 g/mol. The van der Waals surface area contributed by atoms with Gasteiger partial charge in [-0.2, -0.15) is 0 Å². The van der Waals surface area contributed by atoms with E-state index in [0.717, 1.165) is 13.0 Å². The Balaban J connectivity index is 1.94. The molecule has 0 radical (unpaired) electrons. The van der Waals surface area contributed by atoms with Crippen LogP contribution in [0.4, 0.5) is 11.4 Å². The Bertz CT molecular complexity index is 605. The highest BCUT2D eigenvalue weighted by atomic mass is 15.1. The minimum atomic E-state index is 1.07. The van der Waals surface area contributed by atoms with E-state index in [1.54, 1.807) is 0 Å².